The molecule has 0 amide bonds. The summed E-state index contributed by atoms with van der Waals surface area (Å²) < 4.78 is 0. The highest BCUT2D eigenvalue weighted by Gasteiger charge is 2.24. The molecular weight excluding hydrogens is 194 g/mol. The van der Waals surface area contributed by atoms with E-state index in [9.17, 15) is 0 Å². The lowest BCUT2D eigenvalue weighted by molar-refractivity contribution is 0.309. The Balaban J connectivity index is 1.57. The van der Waals surface area contributed by atoms with E-state index >= 15 is 0 Å². The van der Waals surface area contributed by atoms with E-state index in [0.29, 0.717) is 5.41 Å². The van der Waals surface area contributed by atoms with Crippen LogP contribution in [0.15, 0.2) is 0 Å². The van der Waals surface area contributed by atoms with Gasteiger partial charge in [-0.1, -0.05) is 33.1 Å². The standard InChI is InChI=1S/C15H29N/c1-15(2)10-3-6-14(9-11-15)16-12-4-5-13-7-8-13/h13-14,16H,3-12H2,1-2H3. The minimum atomic E-state index is 0.602. The Kier molecular flexibility index (Phi) is 4.29. The zero-order valence-corrected chi connectivity index (χ0v) is 11.2. The molecule has 2 aliphatic carbocycles. The van der Waals surface area contributed by atoms with Crippen molar-refractivity contribution in [2.75, 3.05) is 6.54 Å². The van der Waals surface area contributed by atoms with Gasteiger partial charge in [-0.15, -0.1) is 0 Å². The van der Waals surface area contributed by atoms with E-state index in [1.54, 1.807) is 0 Å². The molecule has 94 valence electrons. The van der Waals surface area contributed by atoms with E-state index in [4.69, 9.17) is 0 Å². The van der Waals surface area contributed by atoms with Crippen molar-refractivity contribution in [3.8, 4) is 0 Å². The Labute approximate surface area is 101 Å². The molecular formula is C15H29N. The topological polar surface area (TPSA) is 12.0 Å². The summed E-state index contributed by atoms with van der Waals surface area (Å²) in [6.07, 6.45) is 13.0. The Morgan fingerprint density at radius 3 is 2.62 bits per heavy atom. The third-order valence-electron chi connectivity index (χ3n) is 4.49. The van der Waals surface area contributed by atoms with Gasteiger partial charge in [0.25, 0.3) is 0 Å². The molecule has 16 heavy (non-hydrogen) atoms. The van der Waals surface area contributed by atoms with Gasteiger partial charge in [0.05, 0.1) is 0 Å². The second kappa shape index (κ2) is 5.53. The highest BCUT2D eigenvalue weighted by atomic mass is 14.9. The molecule has 0 heterocycles. The van der Waals surface area contributed by atoms with Gasteiger partial charge in [-0.3, -0.25) is 0 Å². The minimum Gasteiger partial charge on any atom is -0.314 e. The zero-order valence-electron chi connectivity index (χ0n) is 11.2. The zero-order chi connectivity index (χ0) is 11.4. The van der Waals surface area contributed by atoms with Crippen molar-refractivity contribution in [1.82, 2.24) is 5.32 Å². The summed E-state index contributed by atoms with van der Waals surface area (Å²) in [5, 5.41) is 3.78. The Bertz CT molecular complexity index is 205. The predicted octanol–water partition coefficient (Wildman–Crippen LogP) is 4.13. The fourth-order valence-corrected chi connectivity index (χ4v) is 2.97. The minimum absolute atomic E-state index is 0.602. The summed E-state index contributed by atoms with van der Waals surface area (Å²) in [6.45, 7) is 6.13. The molecule has 0 radical (unpaired) electrons. The van der Waals surface area contributed by atoms with Gasteiger partial charge in [-0.2, -0.15) is 0 Å². The van der Waals surface area contributed by atoms with Crippen molar-refractivity contribution < 1.29 is 0 Å². The van der Waals surface area contributed by atoms with Crippen LogP contribution < -0.4 is 5.32 Å². The molecule has 2 fully saturated rings. The SMILES string of the molecule is CC1(C)CCCC(NCCCC2CC2)CC1. The van der Waals surface area contributed by atoms with E-state index < -0.39 is 0 Å². The van der Waals surface area contributed by atoms with Crippen LogP contribution in [0.25, 0.3) is 0 Å². The first kappa shape index (κ1) is 12.4. The molecule has 0 spiro atoms. The van der Waals surface area contributed by atoms with Gasteiger partial charge in [0.2, 0.25) is 0 Å². The molecule has 1 unspecified atom stereocenters. The van der Waals surface area contributed by atoms with E-state index in [-0.39, 0.29) is 0 Å². The van der Waals surface area contributed by atoms with Crippen molar-refractivity contribution >= 4 is 0 Å². The van der Waals surface area contributed by atoms with Gasteiger partial charge in [0, 0.05) is 6.04 Å². The summed E-state index contributed by atoms with van der Waals surface area (Å²) >= 11 is 0. The van der Waals surface area contributed by atoms with Crippen molar-refractivity contribution in [3.05, 3.63) is 0 Å². The quantitative estimate of drug-likeness (QED) is 0.546. The number of nitrogens with one attached hydrogen (secondary N) is 1. The molecule has 0 aromatic rings. The summed E-state index contributed by atoms with van der Waals surface area (Å²) in [5.41, 5.74) is 0.602. The first-order valence-electron chi connectivity index (χ1n) is 7.39. The average Bonchev–Trinajstić information content (AvgIpc) is 3.02. The van der Waals surface area contributed by atoms with Crippen molar-refractivity contribution in [2.45, 2.75) is 77.7 Å². The molecule has 1 heteroatoms. The maximum atomic E-state index is 3.78. The van der Waals surface area contributed by atoms with Crippen LogP contribution >= 0.6 is 0 Å². The molecule has 0 saturated heterocycles. The smallest absolute Gasteiger partial charge is 0.00672 e. The first-order valence-corrected chi connectivity index (χ1v) is 7.39. The van der Waals surface area contributed by atoms with E-state index in [1.807, 2.05) is 0 Å². The van der Waals surface area contributed by atoms with Crippen molar-refractivity contribution in [1.29, 1.82) is 0 Å². The maximum absolute atomic E-state index is 3.78. The average molecular weight is 223 g/mol. The van der Waals surface area contributed by atoms with Gasteiger partial charge in [0.15, 0.2) is 0 Å². The van der Waals surface area contributed by atoms with Gasteiger partial charge in [-0.25, -0.2) is 0 Å². The van der Waals surface area contributed by atoms with Crippen LogP contribution in [0.2, 0.25) is 0 Å². The van der Waals surface area contributed by atoms with Crippen LogP contribution in [-0.2, 0) is 0 Å². The van der Waals surface area contributed by atoms with Gasteiger partial charge < -0.3 is 5.32 Å². The number of hydrogen-bond acceptors (Lipinski definition) is 1. The van der Waals surface area contributed by atoms with E-state index in [1.165, 1.54) is 64.3 Å². The predicted molar refractivity (Wildman–Crippen MR) is 70.6 cm³/mol. The fraction of sp³-hybridized carbons (Fsp3) is 1.00. The normalized spacial score (nSPS) is 30.0. The van der Waals surface area contributed by atoms with Crippen LogP contribution in [0.5, 0.6) is 0 Å². The summed E-state index contributed by atoms with van der Waals surface area (Å²) in [7, 11) is 0. The van der Waals surface area contributed by atoms with Crippen molar-refractivity contribution in [3.63, 3.8) is 0 Å². The summed E-state index contributed by atoms with van der Waals surface area (Å²) in [5.74, 6) is 1.11. The highest BCUT2D eigenvalue weighted by Crippen LogP contribution is 2.34. The van der Waals surface area contributed by atoms with Gasteiger partial charge in [-0.05, 0) is 56.4 Å². The molecule has 0 aliphatic heterocycles. The van der Waals surface area contributed by atoms with Crippen LogP contribution in [0.4, 0.5) is 0 Å². The molecule has 2 saturated carbocycles. The van der Waals surface area contributed by atoms with E-state index in [2.05, 4.69) is 19.2 Å². The fourth-order valence-electron chi connectivity index (χ4n) is 2.97. The molecule has 1 atom stereocenters. The van der Waals surface area contributed by atoms with E-state index in [0.717, 1.165) is 12.0 Å². The second-order valence-electron chi connectivity index (χ2n) is 6.83. The molecule has 1 N–H and O–H groups in total. The molecule has 0 aromatic heterocycles. The Morgan fingerprint density at radius 1 is 1.06 bits per heavy atom. The third-order valence-corrected chi connectivity index (χ3v) is 4.49. The number of rotatable bonds is 5. The first-order chi connectivity index (χ1) is 7.66. The highest BCUT2D eigenvalue weighted by molar-refractivity contribution is 4.80. The van der Waals surface area contributed by atoms with Crippen LogP contribution in [-0.4, -0.2) is 12.6 Å². The lowest BCUT2D eigenvalue weighted by Gasteiger charge is -2.22. The van der Waals surface area contributed by atoms with Crippen molar-refractivity contribution in [2.24, 2.45) is 11.3 Å². The molecule has 0 aromatic carbocycles. The molecule has 2 aliphatic rings. The summed E-state index contributed by atoms with van der Waals surface area (Å²) in [4.78, 5) is 0. The molecule has 2 rings (SSSR count). The molecule has 1 nitrogen and oxygen atoms in total. The maximum Gasteiger partial charge on any atom is 0.00672 e. The summed E-state index contributed by atoms with van der Waals surface area (Å²) in [6, 6.07) is 0.820. The lowest BCUT2D eigenvalue weighted by Crippen LogP contribution is -2.29. The molecule has 0 bridgehead atoms. The third kappa shape index (κ3) is 4.45. The van der Waals surface area contributed by atoms with Crippen LogP contribution in [0, 0.1) is 11.3 Å². The Hall–Kier alpha value is -0.0400. The lowest BCUT2D eigenvalue weighted by atomic mass is 9.85. The monoisotopic (exact) mass is 223 g/mol. The largest absolute Gasteiger partial charge is 0.314 e. The van der Waals surface area contributed by atoms with Crippen LogP contribution in [0.3, 0.4) is 0 Å². The van der Waals surface area contributed by atoms with Crippen LogP contribution in [0.1, 0.15) is 71.6 Å². The second-order valence-corrected chi connectivity index (χ2v) is 6.83. The van der Waals surface area contributed by atoms with Gasteiger partial charge in [0.1, 0.15) is 0 Å². The number of hydrogen-bond donors (Lipinski definition) is 1. The van der Waals surface area contributed by atoms with Gasteiger partial charge >= 0.3 is 0 Å². The Morgan fingerprint density at radius 2 is 1.88 bits per heavy atom.